The van der Waals surface area contributed by atoms with Crippen molar-refractivity contribution in [3.05, 3.63) is 29.8 Å². The summed E-state index contributed by atoms with van der Waals surface area (Å²) in [7, 11) is 0. The molecule has 0 aliphatic carbocycles. The Hall–Kier alpha value is -2.57. The number of aliphatic carboxylic acids is 1. The Bertz CT molecular complexity index is 668. The van der Waals surface area contributed by atoms with E-state index in [2.05, 4.69) is 5.32 Å². The zero-order valence-electron chi connectivity index (χ0n) is 14.1. The van der Waals surface area contributed by atoms with Crippen LogP contribution in [0.2, 0.25) is 0 Å². The van der Waals surface area contributed by atoms with Gasteiger partial charge in [0.1, 0.15) is 0 Å². The van der Waals surface area contributed by atoms with Crippen molar-refractivity contribution >= 4 is 23.6 Å². The van der Waals surface area contributed by atoms with Crippen molar-refractivity contribution in [1.29, 1.82) is 0 Å². The van der Waals surface area contributed by atoms with Gasteiger partial charge in [0.2, 0.25) is 5.91 Å². The zero-order chi connectivity index (χ0) is 17.8. The first-order valence-corrected chi connectivity index (χ1v) is 8.70. The molecular weight excluding hydrogens is 322 g/mol. The normalized spacial score (nSPS) is 17.8. The number of hydrogen-bond acceptors (Lipinski definition) is 3. The number of piperidine rings is 1. The van der Waals surface area contributed by atoms with Crippen molar-refractivity contribution in [1.82, 2.24) is 10.2 Å². The quantitative estimate of drug-likeness (QED) is 0.868. The van der Waals surface area contributed by atoms with E-state index in [1.165, 1.54) is 0 Å². The van der Waals surface area contributed by atoms with Gasteiger partial charge in [0, 0.05) is 25.3 Å². The number of amides is 3. The molecular formula is C18H23N3O4. The minimum Gasteiger partial charge on any atom is -0.481 e. The molecule has 1 saturated heterocycles. The number of nitrogens with zero attached hydrogens (tertiary/aromatic N) is 2. The molecule has 0 spiro atoms. The van der Waals surface area contributed by atoms with Crippen LogP contribution in [0.25, 0.3) is 0 Å². The third-order valence-electron chi connectivity index (χ3n) is 4.93. The number of carboxylic acids is 1. The number of nitrogens with one attached hydrogen (secondary N) is 1. The van der Waals surface area contributed by atoms with Gasteiger partial charge in [0.15, 0.2) is 0 Å². The van der Waals surface area contributed by atoms with E-state index in [9.17, 15) is 14.4 Å². The third-order valence-corrected chi connectivity index (χ3v) is 4.93. The maximum absolute atomic E-state index is 12.5. The molecule has 2 N–H and O–H groups in total. The van der Waals surface area contributed by atoms with E-state index in [0.717, 1.165) is 24.1 Å². The standard InChI is InChI=1S/C18H23N3O4/c22-16(21-9-3-5-13-4-1-2-6-15(13)21)12-19-18(25)20-10-7-14(8-11-20)17(23)24/h1-2,4,6,14H,3,5,7-12H2,(H,19,25)(H,23,24). The van der Waals surface area contributed by atoms with Crippen LogP contribution in [0.15, 0.2) is 24.3 Å². The molecule has 3 rings (SSSR count). The second-order valence-electron chi connectivity index (χ2n) is 6.54. The smallest absolute Gasteiger partial charge is 0.317 e. The number of carbonyl (C=O) groups is 3. The number of benzene rings is 1. The van der Waals surface area contributed by atoms with Crippen molar-refractivity contribution < 1.29 is 19.5 Å². The summed E-state index contributed by atoms with van der Waals surface area (Å²) in [4.78, 5) is 39.0. The lowest BCUT2D eigenvalue weighted by atomic mass is 9.97. The zero-order valence-corrected chi connectivity index (χ0v) is 14.1. The Kier molecular flexibility index (Phi) is 5.21. The van der Waals surface area contributed by atoms with Crippen molar-refractivity contribution in [3.63, 3.8) is 0 Å². The fourth-order valence-corrected chi connectivity index (χ4v) is 3.48. The van der Waals surface area contributed by atoms with E-state index in [-0.39, 0.29) is 24.4 Å². The number of likely N-dealkylation sites (tertiary alicyclic amines) is 1. The highest BCUT2D eigenvalue weighted by Crippen LogP contribution is 2.26. The predicted molar refractivity (Wildman–Crippen MR) is 92.4 cm³/mol. The van der Waals surface area contributed by atoms with Crippen LogP contribution in [0, 0.1) is 5.92 Å². The second-order valence-corrected chi connectivity index (χ2v) is 6.54. The highest BCUT2D eigenvalue weighted by molar-refractivity contribution is 5.97. The SMILES string of the molecule is O=C(O)C1CCN(C(=O)NCC(=O)N2CCCc3ccccc32)CC1. The summed E-state index contributed by atoms with van der Waals surface area (Å²) in [5.74, 6) is -1.31. The summed E-state index contributed by atoms with van der Waals surface area (Å²) in [6, 6.07) is 7.54. The fraction of sp³-hybridized carbons (Fsp3) is 0.500. The van der Waals surface area contributed by atoms with Gasteiger partial charge in [-0.05, 0) is 37.3 Å². The molecule has 0 radical (unpaired) electrons. The molecule has 0 unspecified atom stereocenters. The van der Waals surface area contributed by atoms with Gasteiger partial charge < -0.3 is 20.2 Å². The van der Waals surface area contributed by atoms with Gasteiger partial charge in [-0.1, -0.05) is 18.2 Å². The summed E-state index contributed by atoms with van der Waals surface area (Å²) in [6.45, 7) is 1.43. The van der Waals surface area contributed by atoms with Crippen LogP contribution in [-0.4, -0.2) is 54.1 Å². The molecule has 7 nitrogen and oxygen atoms in total. The van der Waals surface area contributed by atoms with Gasteiger partial charge in [0.25, 0.3) is 0 Å². The number of anilines is 1. The van der Waals surface area contributed by atoms with Crippen LogP contribution in [0.1, 0.15) is 24.8 Å². The summed E-state index contributed by atoms with van der Waals surface area (Å²) >= 11 is 0. The van der Waals surface area contributed by atoms with Crippen LogP contribution in [0.5, 0.6) is 0 Å². The van der Waals surface area contributed by atoms with Crippen molar-refractivity contribution in [2.24, 2.45) is 5.92 Å². The minimum absolute atomic E-state index is 0.0496. The molecule has 2 aliphatic rings. The first-order chi connectivity index (χ1) is 12.1. The number of hydrogen-bond donors (Lipinski definition) is 2. The van der Waals surface area contributed by atoms with Gasteiger partial charge in [-0.2, -0.15) is 0 Å². The number of aryl methyl sites for hydroxylation is 1. The molecule has 2 heterocycles. The molecule has 2 aliphatic heterocycles. The molecule has 134 valence electrons. The van der Waals surface area contributed by atoms with Crippen LogP contribution < -0.4 is 10.2 Å². The summed E-state index contributed by atoms with van der Waals surface area (Å²) in [5, 5.41) is 11.7. The Morgan fingerprint density at radius 3 is 2.56 bits per heavy atom. The summed E-state index contributed by atoms with van der Waals surface area (Å²) in [6.07, 6.45) is 2.79. The summed E-state index contributed by atoms with van der Waals surface area (Å²) in [5.41, 5.74) is 2.08. The number of carbonyl (C=O) groups excluding carboxylic acids is 2. The number of rotatable bonds is 3. The maximum Gasteiger partial charge on any atom is 0.317 e. The highest BCUT2D eigenvalue weighted by Gasteiger charge is 2.28. The van der Waals surface area contributed by atoms with E-state index in [0.29, 0.717) is 32.5 Å². The molecule has 25 heavy (non-hydrogen) atoms. The summed E-state index contributed by atoms with van der Waals surface area (Å²) < 4.78 is 0. The van der Waals surface area contributed by atoms with E-state index < -0.39 is 5.97 Å². The van der Waals surface area contributed by atoms with Gasteiger partial charge in [-0.15, -0.1) is 0 Å². The average molecular weight is 345 g/mol. The topological polar surface area (TPSA) is 90.0 Å². The lowest BCUT2D eigenvalue weighted by Crippen LogP contribution is -2.49. The lowest BCUT2D eigenvalue weighted by Gasteiger charge is -2.31. The molecule has 1 aromatic carbocycles. The van der Waals surface area contributed by atoms with Gasteiger partial charge in [0.05, 0.1) is 12.5 Å². The number of para-hydroxylation sites is 1. The Morgan fingerprint density at radius 2 is 1.84 bits per heavy atom. The monoisotopic (exact) mass is 345 g/mol. The first-order valence-electron chi connectivity index (χ1n) is 8.70. The van der Waals surface area contributed by atoms with Crippen LogP contribution in [-0.2, 0) is 16.0 Å². The molecule has 0 bridgehead atoms. The van der Waals surface area contributed by atoms with Crippen molar-refractivity contribution in [2.75, 3.05) is 31.1 Å². The van der Waals surface area contributed by atoms with E-state index in [1.807, 2.05) is 24.3 Å². The van der Waals surface area contributed by atoms with Gasteiger partial charge in [-0.3, -0.25) is 9.59 Å². The predicted octanol–water partition coefficient (Wildman–Crippen LogP) is 1.47. The van der Waals surface area contributed by atoms with Crippen molar-refractivity contribution in [3.8, 4) is 0 Å². The highest BCUT2D eigenvalue weighted by atomic mass is 16.4. The molecule has 0 atom stereocenters. The Labute approximate surface area is 146 Å². The van der Waals surface area contributed by atoms with E-state index in [4.69, 9.17) is 5.11 Å². The molecule has 1 aromatic rings. The number of urea groups is 1. The Balaban J connectivity index is 1.51. The minimum atomic E-state index is -0.806. The molecule has 0 aromatic heterocycles. The van der Waals surface area contributed by atoms with Gasteiger partial charge >= 0.3 is 12.0 Å². The van der Waals surface area contributed by atoms with Gasteiger partial charge in [-0.25, -0.2) is 4.79 Å². The largest absolute Gasteiger partial charge is 0.481 e. The van der Waals surface area contributed by atoms with Crippen LogP contribution in [0.3, 0.4) is 0 Å². The fourth-order valence-electron chi connectivity index (χ4n) is 3.48. The first kappa shape index (κ1) is 17.3. The number of carboxylic acid groups (broad SMARTS) is 1. The third kappa shape index (κ3) is 3.92. The molecule has 3 amide bonds. The Morgan fingerprint density at radius 1 is 1.12 bits per heavy atom. The van der Waals surface area contributed by atoms with Crippen LogP contribution >= 0.6 is 0 Å². The second kappa shape index (κ2) is 7.55. The average Bonchev–Trinajstić information content (AvgIpc) is 2.65. The molecule has 1 fully saturated rings. The number of fused-ring (bicyclic) bond motifs is 1. The van der Waals surface area contributed by atoms with Crippen molar-refractivity contribution in [2.45, 2.75) is 25.7 Å². The van der Waals surface area contributed by atoms with E-state index in [1.54, 1.807) is 9.80 Å². The van der Waals surface area contributed by atoms with Crippen LogP contribution in [0.4, 0.5) is 10.5 Å². The molecule has 0 saturated carbocycles. The van der Waals surface area contributed by atoms with E-state index >= 15 is 0 Å². The maximum atomic E-state index is 12.5. The molecule has 7 heteroatoms. The lowest BCUT2D eigenvalue weighted by molar-refractivity contribution is -0.143.